The molecule has 1 aromatic heterocycles. The van der Waals surface area contributed by atoms with Crippen molar-refractivity contribution >= 4 is 11.5 Å². The molecule has 0 bridgehead atoms. The first-order valence-electron chi connectivity index (χ1n) is 7.16. The summed E-state index contributed by atoms with van der Waals surface area (Å²) in [5, 5.41) is 13.8. The molecule has 2 rings (SSSR count). The van der Waals surface area contributed by atoms with Crippen LogP contribution in [0, 0.1) is 10.1 Å². The summed E-state index contributed by atoms with van der Waals surface area (Å²) in [5.74, 6) is 1.42. The van der Waals surface area contributed by atoms with Gasteiger partial charge < -0.3 is 15.0 Å². The highest BCUT2D eigenvalue weighted by Gasteiger charge is 2.14. The molecule has 1 aromatic carbocycles. The van der Waals surface area contributed by atoms with Crippen LogP contribution < -0.4 is 10.1 Å². The number of nitrogens with zero attached hydrogens (tertiary/aromatic N) is 3. The van der Waals surface area contributed by atoms with E-state index in [1.807, 2.05) is 38.4 Å². The van der Waals surface area contributed by atoms with Crippen LogP contribution >= 0.6 is 0 Å². The third kappa shape index (κ3) is 4.40. The van der Waals surface area contributed by atoms with E-state index in [0.717, 1.165) is 11.3 Å². The zero-order valence-electron chi connectivity index (χ0n) is 13.4. The van der Waals surface area contributed by atoms with Crippen LogP contribution in [0.1, 0.15) is 11.6 Å². The van der Waals surface area contributed by atoms with E-state index in [1.54, 1.807) is 13.2 Å². The van der Waals surface area contributed by atoms with Crippen molar-refractivity contribution in [3.05, 3.63) is 58.3 Å². The van der Waals surface area contributed by atoms with Crippen LogP contribution in [0.5, 0.6) is 5.75 Å². The van der Waals surface area contributed by atoms with E-state index in [1.165, 1.54) is 12.3 Å². The number of anilines is 1. The molecule has 122 valence electrons. The first-order chi connectivity index (χ1) is 11.0. The fourth-order valence-corrected chi connectivity index (χ4v) is 2.22. The molecule has 0 radical (unpaired) electrons. The van der Waals surface area contributed by atoms with Gasteiger partial charge in [0.1, 0.15) is 17.8 Å². The first kappa shape index (κ1) is 16.7. The maximum Gasteiger partial charge on any atom is 0.287 e. The molecule has 1 N–H and O–H groups in total. The van der Waals surface area contributed by atoms with Gasteiger partial charge in [-0.25, -0.2) is 4.98 Å². The van der Waals surface area contributed by atoms with Gasteiger partial charge in [-0.15, -0.1) is 0 Å². The fourth-order valence-electron chi connectivity index (χ4n) is 2.22. The van der Waals surface area contributed by atoms with Crippen LogP contribution in [0.2, 0.25) is 0 Å². The summed E-state index contributed by atoms with van der Waals surface area (Å²) in [6, 6.07) is 11.1. The first-order valence-corrected chi connectivity index (χ1v) is 7.16. The molecule has 7 heteroatoms. The number of nitrogens with one attached hydrogen (secondary N) is 1. The summed E-state index contributed by atoms with van der Waals surface area (Å²) in [5.41, 5.74) is 1.13. The molecule has 23 heavy (non-hydrogen) atoms. The lowest BCUT2D eigenvalue weighted by Crippen LogP contribution is -2.27. The fraction of sp³-hybridized carbons (Fsp3) is 0.312. The average Bonchev–Trinajstić information content (AvgIpc) is 2.55. The van der Waals surface area contributed by atoms with Crippen LogP contribution in [0.3, 0.4) is 0 Å². The van der Waals surface area contributed by atoms with Gasteiger partial charge in [0.15, 0.2) is 0 Å². The molecule has 1 heterocycles. The Morgan fingerprint density at radius 1 is 1.26 bits per heavy atom. The normalized spacial score (nSPS) is 12.0. The average molecular weight is 316 g/mol. The summed E-state index contributed by atoms with van der Waals surface area (Å²) in [7, 11) is 5.64. The van der Waals surface area contributed by atoms with Gasteiger partial charge in [-0.1, -0.05) is 12.1 Å². The lowest BCUT2D eigenvalue weighted by atomic mass is 10.1. The van der Waals surface area contributed by atoms with E-state index in [-0.39, 0.29) is 11.7 Å². The predicted octanol–water partition coefficient (Wildman–Crippen LogP) is 2.71. The molecule has 0 aliphatic carbocycles. The second-order valence-corrected chi connectivity index (χ2v) is 5.29. The molecule has 7 nitrogen and oxygen atoms in total. The highest BCUT2D eigenvalue weighted by molar-refractivity contribution is 5.40. The summed E-state index contributed by atoms with van der Waals surface area (Å²) in [6.07, 6.45) is 1.25. The minimum absolute atomic E-state index is 0.0186. The summed E-state index contributed by atoms with van der Waals surface area (Å²) >= 11 is 0. The van der Waals surface area contributed by atoms with Gasteiger partial charge in [0.2, 0.25) is 0 Å². The topological polar surface area (TPSA) is 80.5 Å². The van der Waals surface area contributed by atoms with Crippen LogP contribution in [0.4, 0.5) is 11.5 Å². The zero-order valence-corrected chi connectivity index (χ0v) is 13.4. The van der Waals surface area contributed by atoms with E-state index >= 15 is 0 Å². The Morgan fingerprint density at radius 3 is 2.43 bits per heavy atom. The van der Waals surface area contributed by atoms with Crippen molar-refractivity contribution in [2.75, 3.05) is 33.1 Å². The van der Waals surface area contributed by atoms with Crippen LogP contribution in [0.25, 0.3) is 0 Å². The molecule has 0 spiro atoms. The Morgan fingerprint density at radius 2 is 1.96 bits per heavy atom. The van der Waals surface area contributed by atoms with E-state index in [0.29, 0.717) is 12.4 Å². The molecule has 0 amide bonds. The van der Waals surface area contributed by atoms with Gasteiger partial charge in [-0.05, 0) is 37.9 Å². The van der Waals surface area contributed by atoms with E-state index < -0.39 is 4.92 Å². The number of pyridine rings is 1. The molecule has 2 aromatic rings. The second kappa shape index (κ2) is 7.55. The predicted molar refractivity (Wildman–Crippen MR) is 88.8 cm³/mol. The monoisotopic (exact) mass is 316 g/mol. The maximum absolute atomic E-state index is 10.6. The molecule has 0 saturated heterocycles. The Balaban J connectivity index is 2.05. The highest BCUT2D eigenvalue weighted by atomic mass is 16.6. The number of aromatic nitrogens is 1. The summed E-state index contributed by atoms with van der Waals surface area (Å²) in [6.45, 7) is 0.629. The van der Waals surface area contributed by atoms with E-state index in [9.17, 15) is 10.1 Å². The van der Waals surface area contributed by atoms with E-state index in [2.05, 4.69) is 15.2 Å². The van der Waals surface area contributed by atoms with Crippen molar-refractivity contribution in [2.24, 2.45) is 0 Å². The molecule has 0 saturated carbocycles. The van der Waals surface area contributed by atoms with Gasteiger partial charge in [0.05, 0.1) is 18.1 Å². The lowest BCUT2D eigenvalue weighted by molar-refractivity contribution is -0.385. The number of methoxy groups -OCH3 is 1. The zero-order chi connectivity index (χ0) is 16.8. The van der Waals surface area contributed by atoms with Crippen molar-refractivity contribution in [1.29, 1.82) is 0 Å². The Labute approximate surface area is 135 Å². The van der Waals surface area contributed by atoms with Gasteiger partial charge in [0, 0.05) is 12.6 Å². The number of likely N-dealkylation sites (N-methyl/N-ethyl adjacent to an activating group) is 1. The number of nitro groups is 1. The number of ether oxygens (including phenoxy) is 1. The molecular formula is C16H20N4O3. The van der Waals surface area contributed by atoms with Gasteiger partial charge in [0.25, 0.3) is 5.69 Å². The Kier molecular flexibility index (Phi) is 5.48. The van der Waals surface area contributed by atoms with Gasteiger partial charge >= 0.3 is 0 Å². The Hall–Kier alpha value is -2.67. The quantitative estimate of drug-likeness (QED) is 0.625. The third-order valence-electron chi connectivity index (χ3n) is 3.56. The highest BCUT2D eigenvalue weighted by Crippen LogP contribution is 2.22. The van der Waals surface area contributed by atoms with Crippen molar-refractivity contribution in [1.82, 2.24) is 9.88 Å². The minimum atomic E-state index is -0.462. The van der Waals surface area contributed by atoms with Crippen LogP contribution in [-0.4, -0.2) is 42.6 Å². The summed E-state index contributed by atoms with van der Waals surface area (Å²) < 4.78 is 5.17. The Bertz CT molecular complexity index is 641. The number of hydrogen-bond acceptors (Lipinski definition) is 6. The SMILES string of the molecule is COc1ccc([C@H](CNc2ccc([N+](=O)[O-])cn2)N(C)C)cc1. The van der Waals surface area contributed by atoms with E-state index in [4.69, 9.17) is 4.74 Å². The molecule has 0 aliphatic rings. The molecule has 0 aliphatic heterocycles. The standard InChI is InChI=1S/C16H20N4O3/c1-19(2)15(12-4-7-14(23-3)8-5-12)11-18-16-9-6-13(10-17-16)20(21)22/h4-10,15H,11H2,1-3H3,(H,17,18)/t15-/m0/s1. The summed E-state index contributed by atoms with van der Waals surface area (Å²) in [4.78, 5) is 16.3. The number of hydrogen-bond donors (Lipinski definition) is 1. The largest absolute Gasteiger partial charge is 0.497 e. The minimum Gasteiger partial charge on any atom is -0.497 e. The number of benzene rings is 1. The van der Waals surface area contributed by atoms with Gasteiger partial charge in [-0.2, -0.15) is 0 Å². The molecular weight excluding hydrogens is 296 g/mol. The molecule has 0 unspecified atom stereocenters. The van der Waals surface area contributed by atoms with Crippen LogP contribution in [-0.2, 0) is 0 Å². The van der Waals surface area contributed by atoms with Crippen molar-refractivity contribution in [3.8, 4) is 5.75 Å². The lowest BCUT2D eigenvalue weighted by Gasteiger charge is -2.25. The molecule has 0 fully saturated rings. The number of rotatable bonds is 7. The second-order valence-electron chi connectivity index (χ2n) is 5.29. The third-order valence-corrected chi connectivity index (χ3v) is 3.56. The maximum atomic E-state index is 10.6. The van der Waals surface area contributed by atoms with Crippen molar-refractivity contribution < 1.29 is 9.66 Å². The molecule has 1 atom stereocenters. The van der Waals surface area contributed by atoms with Crippen molar-refractivity contribution in [3.63, 3.8) is 0 Å². The van der Waals surface area contributed by atoms with Crippen molar-refractivity contribution in [2.45, 2.75) is 6.04 Å². The smallest absolute Gasteiger partial charge is 0.287 e. The van der Waals surface area contributed by atoms with Gasteiger partial charge in [-0.3, -0.25) is 10.1 Å². The van der Waals surface area contributed by atoms with Crippen LogP contribution in [0.15, 0.2) is 42.6 Å².